The van der Waals surface area contributed by atoms with Crippen LogP contribution >= 0.6 is 12.6 Å². The second-order valence-electron chi connectivity index (χ2n) is 22.2. The van der Waals surface area contributed by atoms with Gasteiger partial charge in [-0.05, 0) is 74.6 Å². The number of carboxylic acids is 2. The fourth-order valence-electron chi connectivity index (χ4n) is 8.49. The minimum Gasteiger partial charge on any atom is -0.508 e. The van der Waals surface area contributed by atoms with Crippen molar-refractivity contribution in [2.24, 2.45) is 40.7 Å². The van der Waals surface area contributed by atoms with Crippen molar-refractivity contribution in [2.75, 3.05) is 25.4 Å². The molecule has 0 saturated carbocycles. The highest BCUT2D eigenvalue weighted by atomic mass is 32.1. The molecule has 13 atom stereocenters. The van der Waals surface area contributed by atoms with Crippen LogP contribution in [0.3, 0.4) is 0 Å². The second-order valence-corrected chi connectivity index (χ2v) is 22.6. The lowest BCUT2D eigenvalue weighted by Gasteiger charge is -2.30. The number of aliphatic hydroxyl groups is 1. The predicted octanol–water partition coefficient (Wildman–Crippen LogP) is -6.25. The van der Waals surface area contributed by atoms with Gasteiger partial charge in [0.1, 0.15) is 66.2 Å². The summed E-state index contributed by atoms with van der Waals surface area (Å²) >= 11 is 4.27. The fourth-order valence-corrected chi connectivity index (χ4v) is 8.74. The number of carbonyl (C=O) groups excluding carboxylic acids is 13. The normalized spacial score (nSPS) is 15.3. The largest absolute Gasteiger partial charge is 0.508 e. The number of aromatic hydroxyl groups is 1. The molecule has 91 heavy (non-hydrogen) atoms. The molecule has 0 aliphatic carbocycles. The highest BCUT2D eigenvalue weighted by Gasteiger charge is 2.38. The lowest BCUT2D eigenvalue weighted by atomic mass is 9.96. The number of carbonyl (C=O) groups is 15. The minimum atomic E-state index is -1.89. The number of primary amides is 2. The van der Waals surface area contributed by atoms with Crippen LogP contribution in [-0.2, 0) is 78.3 Å². The summed E-state index contributed by atoms with van der Waals surface area (Å²) in [6.45, 7) is 9.59. The molecular weight excluding hydrogens is 1220 g/mol. The highest BCUT2D eigenvalue weighted by Crippen LogP contribution is 2.15. The third kappa shape index (κ3) is 29.7. The maximum absolute atomic E-state index is 14.2. The van der Waals surface area contributed by atoms with Crippen LogP contribution in [0.4, 0.5) is 0 Å². The average Bonchev–Trinajstić information content (AvgIpc) is 1.95. The highest BCUT2D eigenvalue weighted by molar-refractivity contribution is 7.80. The number of nitrogens with one attached hydrogen (secondary N) is 11. The SMILES string of the molecule is CC[C@H](C)[C@H](NC(=O)[C@H](CS)NC(=O)[C@@H](NC(=O)[C@H](CCCCN)NC(=O)[C@H](CC(=O)O)NC(=O)[C@H](C)N)[C@@H](C)CC)C(=O)NCC(=O)N[C@@H](Cc1ccc(O)cc1)C(=O)N[C@@H](CC(C)C)C(=O)N[C@@H](CO)C(=O)N[C@@H](CC(N)=O)C(=O)N[C@@H](CC(N)=O)C(=O)O. The van der Waals surface area contributed by atoms with Crippen LogP contribution in [0.5, 0.6) is 5.75 Å². The summed E-state index contributed by atoms with van der Waals surface area (Å²) in [7, 11) is 0. The van der Waals surface area contributed by atoms with Crippen molar-refractivity contribution in [1.29, 1.82) is 0 Å². The molecule has 0 saturated heterocycles. The Labute approximate surface area is 531 Å². The molecule has 23 N–H and O–H groups in total. The molecule has 0 aliphatic rings. The number of hydrogen-bond acceptors (Lipinski definition) is 20. The average molecular weight is 1310 g/mol. The first-order chi connectivity index (χ1) is 42.6. The number of carboxylic acid groups (broad SMARTS) is 2. The van der Waals surface area contributed by atoms with E-state index in [0.29, 0.717) is 24.8 Å². The maximum atomic E-state index is 14.2. The number of amides is 13. The Morgan fingerprint density at radius 3 is 1.42 bits per heavy atom. The summed E-state index contributed by atoms with van der Waals surface area (Å²) in [5.41, 5.74) is 22.0. The summed E-state index contributed by atoms with van der Waals surface area (Å²) in [5.74, 6) is -18.5. The fraction of sp³-hybridized carbons (Fsp3) is 0.625. The van der Waals surface area contributed by atoms with E-state index < -0.39 is 199 Å². The molecule has 1 aromatic rings. The summed E-state index contributed by atoms with van der Waals surface area (Å²) in [6, 6.07) is -11.5. The van der Waals surface area contributed by atoms with Crippen molar-refractivity contribution in [2.45, 2.75) is 179 Å². The topological polar surface area (TPSA) is 573 Å². The molecule has 0 heterocycles. The minimum absolute atomic E-state index is 0.0245. The van der Waals surface area contributed by atoms with Crippen LogP contribution < -0.4 is 81.4 Å². The van der Waals surface area contributed by atoms with Gasteiger partial charge in [0.2, 0.25) is 76.8 Å². The van der Waals surface area contributed by atoms with Crippen LogP contribution in [0, 0.1) is 17.8 Å². The zero-order valence-electron chi connectivity index (χ0n) is 52.0. The van der Waals surface area contributed by atoms with Gasteiger partial charge >= 0.3 is 11.9 Å². The number of aliphatic hydroxyl groups excluding tert-OH is 1. The van der Waals surface area contributed by atoms with Crippen LogP contribution in [-0.4, -0.2) is 201 Å². The van der Waals surface area contributed by atoms with Crippen molar-refractivity contribution in [1.82, 2.24) is 58.5 Å². The second kappa shape index (κ2) is 40.8. The van der Waals surface area contributed by atoms with E-state index in [1.807, 2.05) is 5.32 Å². The zero-order chi connectivity index (χ0) is 69.4. The van der Waals surface area contributed by atoms with Gasteiger partial charge in [0.15, 0.2) is 0 Å². The molecule has 1 aromatic carbocycles. The smallest absolute Gasteiger partial charge is 0.326 e. The summed E-state index contributed by atoms with van der Waals surface area (Å²) in [5, 5.41) is 65.2. The Kier molecular flexibility index (Phi) is 36.0. The molecule has 1 rings (SSSR count). The van der Waals surface area contributed by atoms with Gasteiger partial charge in [-0.15, -0.1) is 0 Å². The molecule has 0 radical (unpaired) electrons. The van der Waals surface area contributed by atoms with Gasteiger partial charge in [-0.1, -0.05) is 66.5 Å². The number of phenols is 1. The summed E-state index contributed by atoms with van der Waals surface area (Å²) < 4.78 is 0. The van der Waals surface area contributed by atoms with Gasteiger partial charge in [0, 0.05) is 12.2 Å². The van der Waals surface area contributed by atoms with Crippen LogP contribution in [0.15, 0.2) is 24.3 Å². The first-order valence-corrected chi connectivity index (χ1v) is 30.0. The number of hydrogen-bond donors (Lipinski definition) is 20. The van der Waals surface area contributed by atoms with Crippen LogP contribution in [0.25, 0.3) is 0 Å². The molecule has 13 amide bonds. The monoisotopic (exact) mass is 1310 g/mol. The van der Waals surface area contributed by atoms with Crippen molar-refractivity contribution in [3.63, 3.8) is 0 Å². The molecule has 35 heteroatoms. The Morgan fingerprint density at radius 2 is 0.934 bits per heavy atom. The van der Waals surface area contributed by atoms with Gasteiger partial charge in [-0.3, -0.25) is 67.1 Å². The number of unbranched alkanes of at least 4 members (excludes halogenated alkanes) is 1. The number of benzene rings is 1. The molecule has 0 aromatic heterocycles. The molecule has 0 bridgehead atoms. The quantitative estimate of drug-likeness (QED) is 0.0214. The lowest BCUT2D eigenvalue weighted by molar-refractivity contribution is -0.144. The third-order valence-corrected chi connectivity index (χ3v) is 14.4. The van der Waals surface area contributed by atoms with E-state index in [9.17, 15) is 92.3 Å². The number of nitrogens with two attached hydrogens (primary N) is 4. The molecule has 34 nitrogen and oxygen atoms in total. The van der Waals surface area contributed by atoms with Crippen molar-refractivity contribution < 1.29 is 92.3 Å². The van der Waals surface area contributed by atoms with Crippen molar-refractivity contribution >= 4 is 101 Å². The molecular formula is C56H91N15O19S. The van der Waals surface area contributed by atoms with E-state index in [1.165, 1.54) is 31.2 Å². The van der Waals surface area contributed by atoms with E-state index >= 15 is 0 Å². The van der Waals surface area contributed by atoms with Gasteiger partial charge in [0.05, 0.1) is 38.5 Å². The van der Waals surface area contributed by atoms with E-state index in [0.717, 1.165) is 0 Å². The first kappa shape index (κ1) is 80.3. The van der Waals surface area contributed by atoms with Gasteiger partial charge < -0.3 is 102 Å². The summed E-state index contributed by atoms with van der Waals surface area (Å²) in [4.78, 5) is 196. The Balaban J connectivity index is 3.42. The molecule has 0 unspecified atom stereocenters. The molecule has 0 spiro atoms. The third-order valence-electron chi connectivity index (χ3n) is 14.1. The van der Waals surface area contributed by atoms with E-state index in [2.05, 4.69) is 65.8 Å². The van der Waals surface area contributed by atoms with Crippen molar-refractivity contribution in [3.05, 3.63) is 29.8 Å². The lowest BCUT2D eigenvalue weighted by Crippen LogP contribution is -2.61. The number of rotatable bonds is 43. The number of phenolic OH excluding ortho intramolecular Hbond substituents is 1. The van der Waals surface area contributed by atoms with E-state index in [1.54, 1.807) is 41.5 Å². The Morgan fingerprint density at radius 1 is 0.505 bits per heavy atom. The Bertz CT molecular complexity index is 2710. The molecule has 510 valence electrons. The zero-order valence-corrected chi connectivity index (χ0v) is 52.9. The van der Waals surface area contributed by atoms with Gasteiger partial charge in [0.25, 0.3) is 0 Å². The number of thiol groups is 1. The van der Waals surface area contributed by atoms with Crippen LogP contribution in [0.1, 0.15) is 112 Å². The van der Waals surface area contributed by atoms with E-state index in [-0.39, 0.29) is 49.6 Å². The van der Waals surface area contributed by atoms with Gasteiger partial charge in [-0.25, -0.2) is 4.79 Å². The molecule has 0 fully saturated rings. The van der Waals surface area contributed by atoms with Gasteiger partial charge in [-0.2, -0.15) is 12.6 Å². The Hall–Kier alpha value is -8.70. The summed E-state index contributed by atoms with van der Waals surface area (Å²) in [6.07, 6.45) is -1.77. The van der Waals surface area contributed by atoms with Crippen LogP contribution in [0.2, 0.25) is 0 Å². The predicted molar refractivity (Wildman–Crippen MR) is 327 cm³/mol. The maximum Gasteiger partial charge on any atom is 0.326 e. The number of aliphatic carboxylic acids is 2. The standard InChI is InChI=1S/C56H91N15O19S/c1-8-27(5)44(70-53(86)39(25-91)69-55(88)45(28(6)9-2)71-47(80)32(12-10-11-17-57)63-51(84)36(22-43(77)78)64-46(79)29(7)58)54(87)61-23-42(76)62-34(19-30-13-15-31(73)16-14-30)49(82)65-33(18-26(3)4)48(81)68-38(24-72)52(85)66-35(20-40(59)74)50(83)67-37(56(89)90)21-41(60)75/h13-16,26-29,32-39,44-45,72-73,91H,8-12,17-25,57-58H2,1-7H3,(H2,59,74)(H2,60,75)(H,61,87)(H,62,76)(H,63,84)(H,64,79)(H,65,82)(H,66,85)(H,67,83)(H,68,81)(H,69,88)(H,70,86)(H,71,80)(H,77,78)(H,89,90)/t27-,28-,29-,32-,33-,34-,35-,36-,37-,38-,39-,44-,45-/m0/s1. The van der Waals surface area contributed by atoms with E-state index in [4.69, 9.17) is 22.9 Å². The first-order valence-electron chi connectivity index (χ1n) is 29.4. The molecule has 0 aliphatic heterocycles. The van der Waals surface area contributed by atoms with Crippen molar-refractivity contribution in [3.8, 4) is 5.75 Å².